The van der Waals surface area contributed by atoms with Crippen LogP contribution in [0.5, 0.6) is 0 Å². The number of fused-ring (bicyclic) bond motifs is 1. The van der Waals surface area contributed by atoms with Gasteiger partial charge in [0.15, 0.2) is 5.79 Å². The molecule has 2 atom stereocenters. The van der Waals surface area contributed by atoms with Crippen molar-refractivity contribution in [1.29, 1.82) is 0 Å². The predicted molar refractivity (Wildman–Crippen MR) is 87.9 cm³/mol. The van der Waals surface area contributed by atoms with E-state index in [4.69, 9.17) is 16.7 Å². The van der Waals surface area contributed by atoms with Gasteiger partial charge in [0.25, 0.3) is 0 Å². The Kier molecular flexibility index (Phi) is 5.42. The van der Waals surface area contributed by atoms with Gasteiger partial charge in [0.1, 0.15) is 17.1 Å². The van der Waals surface area contributed by atoms with Crippen LogP contribution in [0.15, 0.2) is 18.6 Å². The largest absolute Gasteiger partial charge is 0.366 e. The van der Waals surface area contributed by atoms with E-state index >= 15 is 0 Å². The summed E-state index contributed by atoms with van der Waals surface area (Å²) >= 11 is 6.04. The van der Waals surface area contributed by atoms with Crippen molar-refractivity contribution in [2.45, 2.75) is 51.9 Å². The van der Waals surface area contributed by atoms with Crippen LogP contribution in [0, 0.1) is 5.92 Å². The summed E-state index contributed by atoms with van der Waals surface area (Å²) in [5.41, 5.74) is 0.971. The topological polar surface area (TPSA) is 60.2 Å². The Hall–Kier alpha value is -1.17. The van der Waals surface area contributed by atoms with Crippen LogP contribution in [0.25, 0.3) is 11.0 Å². The van der Waals surface area contributed by atoms with Crippen LogP contribution < -0.4 is 0 Å². The molecule has 0 saturated heterocycles. The first-order chi connectivity index (χ1) is 10.3. The summed E-state index contributed by atoms with van der Waals surface area (Å²) < 4.78 is 6.75. The van der Waals surface area contributed by atoms with E-state index < -0.39 is 5.79 Å². The van der Waals surface area contributed by atoms with Gasteiger partial charge in [0.2, 0.25) is 0 Å². The van der Waals surface area contributed by atoms with Crippen molar-refractivity contribution in [3.63, 3.8) is 0 Å². The van der Waals surface area contributed by atoms with E-state index in [-0.39, 0.29) is 0 Å². The summed E-state index contributed by atoms with van der Waals surface area (Å²) in [4.78, 5) is 8.34. The van der Waals surface area contributed by atoms with E-state index in [1.54, 1.807) is 20.2 Å². The molecule has 1 aliphatic rings. The van der Waals surface area contributed by atoms with Crippen LogP contribution >= 0.6 is 11.6 Å². The van der Waals surface area contributed by atoms with Gasteiger partial charge in [-0.1, -0.05) is 18.5 Å². The fraction of sp³-hybridized carbons (Fsp3) is 0.625. The normalized spacial score (nSPS) is 21.7. The lowest BCUT2D eigenvalue weighted by atomic mass is 10.1. The smallest absolute Gasteiger partial charge is 0.159 e. The molecule has 0 spiro atoms. The minimum Gasteiger partial charge on any atom is -0.366 e. The van der Waals surface area contributed by atoms with Crippen molar-refractivity contribution in [3.05, 3.63) is 23.7 Å². The number of aromatic nitrogens is 3. The van der Waals surface area contributed by atoms with Crippen molar-refractivity contribution < 1.29 is 9.84 Å². The Morgan fingerprint density at radius 2 is 2.05 bits per heavy atom. The molecule has 1 aliphatic carbocycles. The molecule has 1 fully saturated rings. The Balaban J connectivity index is 0.000000254. The monoisotopic (exact) mass is 325 g/mol. The highest BCUT2D eigenvalue weighted by Gasteiger charge is 2.24. The second-order valence-electron chi connectivity index (χ2n) is 6.35. The summed E-state index contributed by atoms with van der Waals surface area (Å²) in [6, 6.07) is 2.60. The van der Waals surface area contributed by atoms with E-state index in [0.29, 0.717) is 11.2 Å². The zero-order valence-corrected chi connectivity index (χ0v) is 14.3. The number of aliphatic hydroxyl groups is 1. The highest BCUT2D eigenvalue weighted by molar-refractivity contribution is 6.33. The highest BCUT2D eigenvalue weighted by Crippen LogP contribution is 2.36. The minimum absolute atomic E-state index is 0.551. The fourth-order valence-electron chi connectivity index (χ4n) is 2.66. The Morgan fingerprint density at radius 3 is 2.59 bits per heavy atom. The summed E-state index contributed by atoms with van der Waals surface area (Å²) in [6.07, 6.45) is 7.43. The number of hydrogen-bond donors (Lipinski definition) is 1. The molecule has 0 radical (unpaired) electrons. The second kappa shape index (κ2) is 6.94. The van der Waals surface area contributed by atoms with E-state index in [9.17, 15) is 0 Å². The van der Waals surface area contributed by atoms with E-state index in [1.165, 1.54) is 26.4 Å². The average molecular weight is 326 g/mol. The molecule has 2 heterocycles. The molecule has 0 unspecified atom stereocenters. The molecule has 0 aromatic carbocycles. The van der Waals surface area contributed by atoms with Crippen molar-refractivity contribution in [2.24, 2.45) is 5.92 Å². The molecule has 0 aliphatic heterocycles. The number of ether oxygens (including phenoxy) is 1. The summed E-state index contributed by atoms with van der Waals surface area (Å²) in [6.45, 7) is 5.47. The minimum atomic E-state index is -0.958. The van der Waals surface area contributed by atoms with Gasteiger partial charge in [-0.3, -0.25) is 0 Å². The lowest BCUT2D eigenvalue weighted by Crippen LogP contribution is -2.20. The van der Waals surface area contributed by atoms with Gasteiger partial charge in [-0.2, -0.15) is 0 Å². The molecule has 0 bridgehead atoms. The number of hydrogen-bond acceptors (Lipinski definition) is 4. The van der Waals surface area contributed by atoms with Gasteiger partial charge in [-0.05, 0) is 45.1 Å². The Bertz CT molecular complexity index is 621. The van der Waals surface area contributed by atoms with Crippen LogP contribution in [0.3, 0.4) is 0 Å². The van der Waals surface area contributed by atoms with Crippen molar-refractivity contribution in [2.75, 3.05) is 7.11 Å². The first-order valence-electron chi connectivity index (χ1n) is 7.56. The van der Waals surface area contributed by atoms with Crippen molar-refractivity contribution in [1.82, 2.24) is 14.5 Å². The molecule has 22 heavy (non-hydrogen) atoms. The first kappa shape index (κ1) is 17.2. The Morgan fingerprint density at radius 1 is 1.36 bits per heavy atom. The lowest BCUT2D eigenvalue weighted by molar-refractivity contribution is -0.155. The lowest BCUT2D eigenvalue weighted by Gasteiger charge is -2.12. The standard InChI is InChI=1S/C12H14ClN3.C4H10O2/c1-8-2-3-9(6-8)16-5-4-10-11(13)14-7-15-12(10)16;1-4(2,5)6-3/h4-5,7-9H,2-3,6H2,1H3;5H,1-3H3/t8-,9+;/m1./s1. The summed E-state index contributed by atoms with van der Waals surface area (Å²) in [5, 5.41) is 10.1. The molecule has 6 heteroatoms. The van der Waals surface area contributed by atoms with Crippen LogP contribution in [-0.4, -0.2) is 32.5 Å². The highest BCUT2D eigenvalue weighted by atomic mass is 35.5. The zero-order valence-electron chi connectivity index (χ0n) is 13.6. The molecule has 1 saturated carbocycles. The second-order valence-corrected chi connectivity index (χ2v) is 6.71. The van der Waals surface area contributed by atoms with Gasteiger partial charge < -0.3 is 14.4 Å². The van der Waals surface area contributed by atoms with Crippen LogP contribution in [-0.2, 0) is 4.74 Å². The maximum absolute atomic E-state index is 8.60. The third kappa shape index (κ3) is 4.18. The molecule has 122 valence electrons. The third-order valence-corrected chi connectivity index (χ3v) is 4.32. The van der Waals surface area contributed by atoms with Gasteiger partial charge in [0, 0.05) is 19.3 Å². The van der Waals surface area contributed by atoms with Crippen LogP contribution in [0.1, 0.15) is 46.1 Å². The van der Waals surface area contributed by atoms with Gasteiger partial charge >= 0.3 is 0 Å². The molecule has 5 nitrogen and oxygen atoms in total. The van der Waals surface area contributed by atoms with Gasteiger partial charge in [-0.15, -0.1) is 0 Å². The fourth-order valence-corrected chi connectivity index (χ4v) is 2.86. The molecule has 2 aromatic heterocycles. The SMILES string of the molecule is COC(C)(C)O.C[C@@H]1CC[C@H](n2ccc3c(Cl)ncnc32)C1. The van der Waals surface area contributed by atoms with Gasteiger partial charge in [-0.25, -0.2) is 9.97 Å². The van der Waals surface area contributed by atoms with E-state index in [2.05, 4.69) is 32.4 Å². The number of halogens is 1. The predicted octanol–water partition coefficient (Wildman–Crippen LogP) is 3.81. The van der Waals surface area contributed by atoms with E-state index in [0.717, 1.165) is 17.0 Å². The zero-order chi connectivity index (χ0) is 16.3. The Labute approximate surface area is 136 Å². The summed E-state index contributed by atoms with van der Waals surface area (Å²) in [7, 11) is 1.46. The quantitative estimate of drug-likeness (QED) is 0.673. The van der Waals surface area contributed by atoms with Crippen LogP contribution in [0.2, 0.25) is 5.15 Å². The van der Waals surface area contributed by atoms with Crippen molar-refractivity contribution in [3.8, 4) is 0 Å². The number of methoxy groups -OCH3 is 1. The molecule has 0 amide bonds. The molecule has 2 aromatic rings. The first-order valence-corrected chi connectivity index (χ1v) is 7.94. The maximum Gasteiger partial charge on any atom is 0.159 e. The number of rotatable bonds is 2. The summed E-state index contributed by atoms with van der Waals surface area (Å²) in [5.74, 6) is -0.139. The van der Waals surface area contributed by atoms with E-state index in [1.807, 2.05) is 6.07 Å². The number of nitrogens with zero attached hydrogens (tertiary/aromatic N) is 3. The molecule has 3 rings (SSSR count). The van der Waals surface area contributed by atoms with Gasteiger partial charge in [0.05, 0.1) is 5.39 Å². The van der Waals surface area contributed by atoms with Crippen molar-refractivity contribution >= 4 is 22.6 Å². The molecular weight excluding hydrogens is 302 g/mol. The third-order valence-electron chi connectivity index (χ3n) is 4.02. The molecular formula is C16H24ClN3O2. The molecule has 1 N–H and O–H groups in total. The average Bonchev–Trinajstić information content (AvgIpc) is 3.05. The van der Waals surface area contributed by atoms with Crippen LogP contribution in [0.4, 0.5) is 0 Å². The maximum atomic E-state index is 8.60.